The van der Waals surface area contributed by atoms with Crippen LogP contribution >= 0.6 is 0 Å². The third-order valence-electron chi connectivity index (χ3n) is 5.13. The van der Waals surface area contributed by atoms with E-state index in [0.29, 0.717) is 12.7 Å². The average Bonchev–Trinajstić information content (AvgIpc) is 3.45. The minimum atomic E-state index is 0.360. The van der Waals surface area contributed by atoms with E-state index in [1.807, 2.05) is 110 Å². The first-order valence-electron chi connectivity index (χ1n) is 14.5. The van der Waals surface area contributed by atoms with Gasteiger partial charge in [-0.1, -0.05) is 97.9 Å². The predicted octanol–water partition coefficient (Wildman–Crippen LogP) is 9.42. The van der Waals surface area contributed by atoms with Gasteiger partial charge >= 0.3 is 0 Å². The highest BCUT2D eigenvalue weighted by molar-refractivity contribution is 5.44. The van der Waals surface area contributed by atoms with Crippen molar-refractivity contribution in [2.45, 2.75) is 75.2 Å². The fourth-order valence-corrected chi connectivity index (χ4v) is 3.13. The third kappa shape index (κ3) is 15.8. The Balaban J connectivity index is 0. The van der Waals surface area contributed by atoms with E-state index in [1.165, 1.54) is 11.1 Å². The fraction of sp³-hybridized carbons (Fsp3) is 0.457. The molecule has 1 aliphatic rings. The molecule has 0 amide bonds. The molecule has 0 N–H and O–H groups in total. The van der Waals surface area contributed by atoms with Crippen molar-refractivity contribution in [2.75, 3.05) is 34.0 Å². The summed E-state index contributed by atoms with van der Waals surface area (Å²) in [6, 6.07) is 23.8. The Morgan fingerprint density at radius 3 is 1.95 bits per heavy atom. The van der Waals surface area contributed by atoms with Gasteiger partial charge in [-0.05, 0) is 74.8 Å². The summed E-state index contributed by atoms with van der Waals surface area (Å²) in [7, 11) is 4.11. The van der Waals surface area contributed by atoms with Crippen molar-refractivity contribution in [1.82, 2.24) is 4.90 Å². The minimum Gasteiger partial charge on any atom is -0.492 e. The first-order chi connectivity index (χ1) is 19.3. The van der Waals surface area contributed by atoms with Crippen LogP contribution in [0.4, 0.5) is 0 Å². The van der Waals surface area contributed by atoms with Crippen LogP contribution < -0.4 is 14.2 Å². The highest BCUT2D eigenvalue weighted by Crippen LogP contribution is 2.32. The maximum Gasteiger partial charge on any atom is 0.231 e. The Labute approximate surface area is 245 Å². The maximum atomic E-state index is 8.47. The lowest BCUT2D eigenvalue weighted by molar-refractivity contribution is 0.174. The second-order valence-electron chi connectivity index (χ2n) is 8.63. The van der Waals surface area contributed by atoms with Crippen molar-refractivity contribution in [2.24, 2.45) is 0 Å². The second-order valence-corrected chi connectivity index (χ2v) is 8.63. The first kappa shape index (κ1) is 38.7. The summed E-state index contributed by atoms with van der Waals surface area (Å²) in [6.45, 7) is 22.4. The van der Waals surface area contributed by atoms with Gasteiger partial charge in [0.2, 0.25) is 6.79 Å². The van der Waals surface area contributed by atoms with Crippen LogP contribution in [-0.4, -0.2) is 38.9 Å². The van der Waals surface area contributed by atoms with E-state index in [4.69, 9.17) is 19.5 Å². The fourth-order valence-electron chi connectivity index (χ4n) is 3.13. The molecule has 4 rings (SSSR count). The van der Waals surface area contributed by atoms with Crippen LogP contribution in [-0.2, 0) is 0 Å². The number of hydrogen-bond acceptors (Lipinski definition) is 5. The van der Waals surface area contributed by atoms with Gasteiger partial charge in [0.15, 0.2) is 11.5 Å². The molecule has 0 unspecified atom stereocenters. The number of nitriles is 1. The number of rotatable bonds is 5. The molecule has 5 heteroatoms. The van der Waals surface area contributed by atoms with E-state index in [-0.39, 0.29) is 0 Å². The summed E-state index contributed by atoms with van der Waals surface area (Å²) in [6.07, 6.45) is 0. The van der Waals surface area contributed by atoms with E-state index >= 15 is 0 Å². The molecule has 0 spiro atoms. The van der Waals surface area contributed by atoms with Gasteiger partial charge in [0.05, 0.1) is 11.6 Å². The first-order valence-corrected chi connectivity index (χ1v) is 14.5. The van der Waals surface area contributed by atoms with E-state index in [1.54, 1.807) is 0 Å². The van der Waals surface area contributed by atoms with E-state index in [0.717, 1.165) is 41.5 Å². The molecule has 0 aliphatic carbocycles. The Morgan fingerprint density at radius 1 is 0.825 bits per heavy atom. The zero-order valence-corrected chi connectivity index (χ0v) is 27.2. The summed E-state index contributed by atoms with van der Waals surface area (Å²) in [5.41, 5.74) is 4.29. The highest BCUT2D eigenvalue weighted by atomic mass is 16.7. The zero-order valence-electron chi connectivity index (χ0n) is 27.2. The van der Waals surface area contributed by atoms with Gasteiger partial charge in [0.1, 0.15) is 12.4 Å². The number of fused-ring (bicyclic) bond motifs is 1. The molecule has 0 saturated heterocycles. The Morgan fingerprint density at radius 2 is 1.40 bits per heavy atom. The SMILES string of the molecule is CC.CC.CC.CC(C)c1ccccc1OCCN(C)C.Cc1ccc2c(c1)OCO2.Cc1ccccc1C#N. The van der Waals surface area contributed by atoms with Crippen LogP contribution in [0.2, 0.25) is 0 Å². The number of aryl methyl sites for hydroxylation is 2. The minimum absolute atomic E-state index is 0.360. The topological polar surface area (TPSA) is 54.7 Å². The summed E-state index contributed by atoms with van der Waals surface area (Å²) in [5, 5.41) is 8.47. The van der Waals surface area contributed by atoms with Crippen molar-refractivity contribution in [3.8, 4) is 23.3 Å². The van der Waals surface area contributed by atoms with Gasteiger partial charge in [-0.25, -0.2) is 0 Å². The van der Waals surface area contributed by atoms with Crippen LogP contribution in [0, 0.1) is 25.2 Å². The summed E-state index contributed by atoms with van der Waals surface area (Å²) in [5.74, 6) is 3.25. The quantitative estimate of drug-likeness (QED) is 0.317. The standard InChI is InChI=1S/C13H21NO.C8H7N.C8H8O2.3C2H6/c1-11(2)12-7-5-6-8-13(12)15-10-9-14(3)4;1-7-4-2-3-5-8(7)6-9;1-6-2-3-7-8(4-6)10-5-9-7;3*1-2/h5-8,11H,9-10H2,1-4H3;2-5H,1H3;2-4H,5H2,1H3;3*1-2H3. The smallest absolute Gasteiger partial charge is 0.231 e. The second kappa shape index (κ2) is 24.5. The molecule has 0 saturated carbocycles. The molecule has 0 fully saturated rings. The molecule has 3 aromatic rings. The summed E-state index contributed by atoms with van der Waals surface area (Å²) >= 11 is 0. The largest absolute Gasteiger partial charge is 0.492 e. The van der Waals surface area contributed by atoms with E-state index in [2.05, 4.69) is 51.0 Å². The van der Waals surface area contributed by atoms with Crippen LogP contribution in [0.25, 0.3) is 0 Å². The molecule has 3 aromatic carbocycles. The normalized spacial score (nSPS) is 9.93. The molecule has 5 nitrogen and oxygen atoms in total. The van der Waals surface area contributed by atoms with Gasteiger partial charge in [-0.15, -0.1) is 0 Å². The molecule has 0 bridgehead atoms. The van der Waals surface area contributed by atoms with Gasteiger partial charge in [0.25, 0.3) is 0 Å². The lowest BCUT2D eigenvalue weighted by atomic mass is 10.0. The van der Waals surface area contributed by atoms with Crippen molar-refractivity contribution in [1.29, 1.82) is 5.26 Å². The van der Waals surface area contributed by atoms with Crippen molar-refractivity contribution < 1.29 is 14.2 Å². The maximum absolute atomic E-state index is 8.47. The third-order valence-corrected chi connectivity index (χ3v) is 5.13. The number of nitrogens with zero attached hydrogens (tertiary/aromatic N) is 2. The van der Waals surface area contributed by atoms with Crippen LogP contribution in [0.1, 0.15) is 83.6 Å². The molecule has 1 heterocycles. The number of para-hydroxylation sites is 1. The van der Waals surface area contributed by atoms with Gasteiger partial charge in [-0.3, -0.25) is 0 Å². The van der Waals surface area contributed by atoms with Crippen molar-refractivity contribution in [3.63, 3.8) is 0 Å². The van der Waals surface area contributed by atoms with Gasteiger partial charge < -0.3 is 19.1 Å². The van der Waals surface area contributed by atoms with Crippen molar-refractivity contribution >= 4 is 0 Å². The Hall–Kier alpha value is -3.49. The highest BCUT2D eigenvalue weighted by Gasteiger charge is 2.11. The monoisotopic (exact) mass is 550 g/mol. The zero-order chi connectivity index (χ0) is 30.9. The number of hydrogen-bond donors (Lipinski definition) is 0. The Bertz CT molecular complexity index is 1070. The van der Waals surface area contributed by atoms with E-state index < -0.39 is 0 Å². The van der Waals surface area contributed by atoms with Gasteiger partial charge in [-0.2, -0.15) is 5.26 Å². The molecule has 0 radical (unpaired) electrons. The summed E-state index contributed by atoms with van der Waals surface area (Å²) in [4.78, 5) is 2.12. The molecule has 222 valence electrons. The molecule has 40 heavy (non-hydrogen) atoms. The Kier molecular flexibility index (Phi) is 23.7. The molecular formula is C35H54N2O3. The predicted molar refractivity (Wildman–Crippen MR) is 172 cm³/mol. The molecule has 1 aliphatic heterocycles. The molecular weight excluding hydrogens is 496 g/mol. The molecule has 0 atom stereocenters. The van der Waals surface area contributed by atoms with Gasteiger partial charge in [0, 0.05) is 6.54 Å². The van der Waals surface area contributed by atoms with Crippen molar-refractivity contribution in [3.05, 3.63) is 89.0 Å². The average molecular weight is 551 g/mol. The lowest BCUT2D eigenvalue weighted by Gasteiger charge is -2.15. The van der Waals surface area contributed by atoms with Crippen LogP contribution in [0.3, 0.4) is 0 Å². The van der Waals surface area contributed by atoms with Crippen LogP contribution in [0.15, 0.2) is 66.7 Å². The number of benzene rings is 3. The van der Waals surface area contributed by atoms with E-state index in [9.17, 15) is 0 Å². The number of likely N-dealkylation sites (N-methyl/N-ethyl adjacent to an activating group) is 1. The lowest BCUT2D eigenvalue weighted by Crippen LogP contribution is -2.19. The molecule has 0 aromatic heterocycles. The van der Waals surface area contributed by atoms with Crippen LogP contribution in [0.5, 0.6) is 17.2 Å². The number of ether oxygens (including phenoxy) is 3. The summed E-state index contributed by atoms with van der Waals surface area (Å²) < 4.78 is 16.1.